The van der Waals surface area contributed by atoms with E-state index in [0.717, 1.165) is 59.7 Å². The van der Waals surface area contributed by atoms with Crippen molar-refractivity contribution in [3.8, 4) is 5.88 Å². The molecule has 3 N–H and O–H groups in total. The first-order valence-electron chi connectivity index (χ1n) is 15.7. The molecule has 0 bridgehead atoms. The van der Waals surface area contributed by atoms with Gasteiger partial charge < -0.3 is 24.7 Å². The molecule has 0 spiro atoms. The van der Waals surface area contributed by atoms with Gasteiger partial charge in [-0.15, -0.1) is 0 Å². The van der Waals surface area contributed by atoms with Gasteiger partial charge >= 0.3 is 0 Å². The van der Waals surface area contributed by atoms with Crippen LogP contribution in [0.5, 0.6) is 5.88 Å². The zero-order valence-corrected chi connectivity index (χ0v) is 26.8. The number of carbonyl (C=O) groups excluding carboxylic acids is 1. The number of anilines is 1. The summed E-state index contributed by atoms with van der Waals surface area (Å²) in [6.45, 7) is 4.65. The summed E-state index contributed by atoms with van der Waals surface area (Å²) in [5, 5.41) is 7.32. The number of aromatic amines is 1. The SMILES string of the molecule is COCCn1c(CN2CCC(c3cccc(OCc4ccc(Cl)cc4F)n3)CC2)nc2cc(C(=O)N3Cc4[nH]nc(N)c4C3)ccc21. The smallest absolute Gasteiger partial charge is 0.254 e. The number of H-pyrrole nitrogens is 1. The molecular formula is C34H36ClFN8O3. The number of fused-ring (bicyclic) bond motifs is 2. The van der Waals surface area contributed by atoms with Gasteiger partial charge in [-0.3, -0.25) is 14.8 Å². The van der Waals surface area contributed by atoms with E-state index in [1.54, 1.807) is 30.2 Å². The molecule has 3 aromatic heterocycles. The van der Waals surface area contributed by atoms with Crippen molar-refractivity contribution in [3.05, 3.63) is 99.3 Å². The Morgan fingerprint density at radius 1 is 1.11 bits per heavy atom. The predicted molar refractivity (Wildman–Crippen MR) is 175 cm³/mol. The zero-order valence-electron chi connectivity index (χ0n) is 26.1. The number of ether oxygens (including phenoxy) is 2. The van der Waals surface area contributed by atoms with E-state index in [9.17, 15) is 9.18 Å². The zero-order chi connectivity index (χ0) is 32.5. The number of aromatic nitrogens is 5. The lowest BCUT2D eigenvalue weighted by Crippen LogP contribution is -2.33. The first-order valence-corrected chi connectivity index (χ1v) is 16.1. The first-order chi connectivity index (χ1) is 22.9. The maximum Gasteiger partial charge on any atom is 0.254 e. The quantitative estimate of drug-likeness (QED) is 0.207. The van der Waals surface area contributed by atoms with E-state index in [-0.39, 0.29) is 12.5 Å². The molecule has 2 aromatic carbocycles. The van der Waals surface area contributed by atoms with Crippen molar-refractivity contribution in [3.63, 3.8) is 0 Å². The van der Waals surface area contributed by atoms with Crippen LogP contribution in [0.4, 0.5) is 10.2 Å². The van der Waals surface area contributed by atoms with Crippen molar-refractivity contribution in [1.29, 1.82) is 0 Å². The third-order valence-corrected chi connectivity index (χ3v) is 9.30. The molecule has 1 fully saturated rings. The largest absolute Gasteiger partial charge is 0.473 e. The number of likely N-dealkylation sites (tertiary alicyclic amines) is 1. The van der Waals surface area contributed by atoms with Gasteiger partial charge in [-0.1, -0.05) is 23.7 Å². The van der Waals surface area contributed by atoms with Crippen molar-refractivity contribution in [1.82, 2.24) is 34.5 Å². The molecule has 47 heavy (non-hydrogen) atoms. The lowest BCUT2D eigenvalue weighted by Gasteiger charge is -2.31. The number of nitrogens with zero attached hydrogens (tertiary/aromatic N) is 6. The topological polar surface area (TPSA) is 127 Å². The molecule has 244 valence electrons. The van der Waals surface area contributed by atoms with Crippen molar-refractivity contribution < 1.29 is 18.7 Å². The summed E-state index contributed by atoms with van der Waals surface area (Å²) < 4.78 is 27.6. The Balaban J connectivity index is 1.00. The molecule has 0 aliphatic carbocycles. The van der Waals surface area contributed by atoms with Gasteiger partial charge in [0.2, 0.25) is 5.88 Å². The van der Waals surface area contributed by atoms with Crippen molar-refractivity contribution in [2.75, 3.05) is 32.5 Å². The molecule has 0 radical (unpaired) electrons. The summed E-state index contributed by atoms with van der Waals surface area (Å²) >= 11 is 5.87. The summed E-state index contributed by atoms with van der Waals surface area (Å²) in [5.41, 5.74) is 11.5. The number of rotatable bonds is 10. The minimum absolute atomic E-state index is 0.0637. The van der Waals surface area contributed by atoms with E-state index < -0.39 is 5.82 Å². The summed E-state index contributed by atoms with van der Waals surface area (Å²) in [4.78, 5) is 27.3. The third kappa shape index (κ3) is 6.53. The summed E-state index contributed by atoms with van der Waals surface area (Å²) in [5.74, 6) is 1.69. The number of hydrogen-bond donors (Lipinski definition) is 2. The van der Waals surface area contributed by atoms with E-state index in [4.69, 9.17) is 36.8 Å². The van der Waals surface area contributed by atoms with Gasteiger partial charge in [-0.25, -0.2) is 14.4 Å². The highest BCUT2D eigenvalue weighted by Crippen LogP contribution is 2.31. The standard InChI is InChI=1S/C34H36ClFN8O3/c1-46-14-13-44-30-8-6-22(34(45)43-17-25-29(18-43)40-41-33(25)37)15-28(30)38-31(44)19-42-11-9-21(10-12-42)27-3-2-4-32(39-27)47-20-23-5-7-24(35)16-26(23)36/h2-8,15-16,21H,9-14,17-20H2,1H3,(H3,37,40,41). The molecule has 0 saturated carbocycles. The maximum absolute atomic E-state index is 14.2. The minimum Gasteiger partial charge on any atom is -0.473 e. The molecule has 7 rings (SSSR count). The number of benzene rings is 2. The Kier molecular flexibility index (Phi) is 8.80. The van der Waals surface area contributed by atoms with Crippen LogP contribution in [0.25, 0.3) is 11.0 Å². The Morgan fingerprint density at radius 2 is 1.96 bits per heavy atom. The van der Waals surface area contributed by atoms with Crippen molar-refractivity contribution >= 4 is 34.4 Å². The fourth-order valence-corrected chi connectivity index (χ4v) is 6.63. The fraction of sp³-hybridized carbons (Fsp3) is 0.353. The van der Waals surface area contributed by atoms with Gasteiger partial charge in [0, 0.05) is 53.0 Å². The van der Waals surface area contributed by atoms with Gasteiger partial charge in [0.25, 0.3) is 5.91 Å². The summed E-state index contributed by atoms with van der Waals surface area (Å²) in [7, 11) is 1.69. The maximum atomic E-state index is 14.2. The average Bonchev–Trinajstić information content (AvgIpc) is 3.76. The number of carbonyl (C=O) groups is 1. The van der Waals surface area contributed by atoms with Crippen molar-refractivity contribution in [2.24, 2.45) is 0 Å². The number of hydrogen-bond acceptors (Lipinski definition) is 8. The number of nitrogen functional groups attached to an aromatic ring is 1. The molecule has 2 aliphatic heterocycles. The van der Waals surface area contributed by atoms with Gasteiger partial charge in [0.05, 0.1) is 43.0 Å². The highest BCUT2D eigenvalue weighted by Gasteiger charge is 2.29. The lowest BCUT2D eigenvalue weighted by molar-refractivity contribution is 0.0750. The molecule has 1 saturated heterocycles. The number of imidazole rings is 1. The van der Waals surface area contributed by atoms with Gasteiger partial charge in [-0.2, -0.15) is 5.10 Å². The van der Waals surface area contributed by atoms with Crippen LogP contribution in [0.3, 0.4) is 0 Å². The molecule has 5 heterocycles. The molecular weight excluding hydrogens is 623 g/mol. The third-order valence-electron chi connectivity index (χ3n) is 9.07. The van der Waals surface area contributed by atoms with Crippen LogP contribution in [-0.4, -0.2) is 67.2 Å². The van der Waals surface area contributed by atoms with Gasteiger partial charge in [0.15, 0.2) is 5.82 Å². The average molecular weight is 659 g/mol. The number of piperidine rings is 1. The lowest BCUT2D eigenvalue weighted by atomic mass is 9.93. The highest BCUT2D eigenvalue weighted by molar-refractivity contribution is 6.30. The van der Waals surface area contributed by atoms with Crippen LogP contribution in [0.2, 0.25) is 5.02 Å². The van der Waals surface area contributed by atoms with E-state index in [0.29, 0.717) is 66.6 Å². The van der Waals surface area contributed by atoms with Gasteiger partial charge in [0.1, 0.15) is 18.2 Å². The second-order valence-electron chi connectivity index (χ2n) is 12.1. The highest BCUT2D eigenvalue weighted by atomic mass is 35.5. The monoisotopic (exact) mass is 658 g/mol. The Labute approximate surface area is 276 Å². The van der Waals surface area contributed by atoms with E-state index in [2.05, 4.69) is 19.7 Å². The fourth-order valence-electron chi connectivity index (χ4n) is 6.47. The molecule has 1 amide bonds. The number of methoxy groups -OCH3 is 1. The number of nitrogens with one attached hydrogen (secondary N) is 1. The molecule has 5 aromatic rings. The second kappa shape index (κ2) is 13.3. The van der Waals surface area contributed by atoms with Gasteiger partial charge in [-0.05, 0) is 62.3 Å². The Morgan fingerprint density at radius 3 is 2.74 bits per heavy atom. The van der Waals surface area contributed by atoms with E-state index >= 15 is 0 Å². The normalized spacial score (nSPS) is 15.4. The van der Waals surface area contributed by atoms with Crippen LogP contribution in [0.15, 0.2) is 54.6 Å². The minimum atomic E-state index is -0.396. The van der Waals surface area contributed by atoms with E-state index in [1.165, 1.54) is 6.07 Å². The Hall–Kier alpha value is -4.52. The van der Waals surface area contributed by atoms with Crippen LogP contribution in [0, 0.1) is 5.82 Å². The number of pyridine rings is 1. The van der Waals surface area contributed by atoms with Crippen LogP contribution >= 0.6 is 11.6 Å². The summed E-state index contributed by atoms with van der Waals surface area (Å²) in [6.07, 6.45) is 1.88. The second-order valence-corrected chi connectivity index (χ2v) is 12.5. The molecule has 0 unspecified atom stereocenters. The number of halogens is 2. The van der Waals surface area contributed by atoms with E-state index in [1.807, 2.05) is 30.3 Å². The van der Waals surface area contributed by atoms with Crippen molar-refractivity contribution in [2.45, 2.75) is 51.5 Å². The number of amides is 1. The molecule has 0 atom stereocenters. The first kappa shape index (κ1) is 31.1. The molecule has 13 heteroatoms. The molecule has 2 aliphatic rings. The van der Waals surface area contributed by atoms with Crippen LogP contribution < -0.4 is 10.5 Å². The van der Waals surface area contributed by atoms with Crippen LogP contribution in [-0.2, 0) is 37.5 Å². The predicted octanol–water partition coefficient (Wildman–Crippen LogP) is 5.29. The Bertz CT molecular complexity index is 1920. The van der Waals surface area contributed by atoms with Crippen LogP contribution in [0.1, 0.15) is 57.5 Å². The summed E-state index contributed by atoms with van der Waals surface area (Å²) in [6, 6.07) is 16.1. The number of nitrogens with two attached hydrogens (primary N) is 1. The molecule has 11 nitrogen and oxygen atoms in total.